The molecule has 1 aliphatic heterocycles. The van der Waals surface area contributed by atoms with Gasteiger partial charge in [-0.3, -0.25) is 24.9 Å². The SMILES string of the molecule is CNC(=O)C1C(NC)N=CN1CC(=O)NCc1ccc(C(F)(F)F)nc1. The summed E-state index contributed by atoms with van der Waals surface area (Å²) in [4.78, 5) is 33.0. The Morgan fingerprint density at radius 1 is 1.27 bits per heavy atom. The van der Waals surface area contributed by atoms with Crippen LogP contribution in [-0.4, -0.2) is 60.9 Å². The summed E-state index contributed by atoms with van der Waals surface area (Å²) in [7, 11) is 3.14. The molecule has 0 aromatic carbocycles. The van der Waals surface area contributed by atoms with Crippen LogP contribution in [0.4, 0.5) is 13.2 Å². The van der Waals surface area contributed by atoms with Crippen LogP contribution in [-0.2, 0) is 22.3 Å². The minimum Gasteiger partial charge on any atom is -0.357 e. The van der Waals surface area contributed by atoms with Gasteiger partial charge in [-0.2, -0.15) is 13.2 Å². The van der Waals surface area contributed by atoms with E-state index in [-0.39, 0.29) is 19.0 Å². The summed E-state index contributed by atoms with van der Waals surface area (Å²) >= 11 is 0. The van der Waals surface area contributed by atoms with E-state index in [1.807, 2.05) is 0 Å². The Hall–Kier alpha value is -2.69. The van der Waals surface area contributed by atoms with Gasteiger partial charge in [0.1, 0.15) is 17.9 Å². The molecule has 0 aliphatic carbocycles. The Kier molecular flexibility index (Phi) is 6.14. The lowest BCUT2D eigenvalue weighted by molar-refractivity contribution is -0.141. The number of alkyl halides is 3. The lowest BCUT2D eigenvalue weighted by Gasteiger charge is -2.25. The second-order valence-electron chi connectivity index (χ2n) is 5.56. The van der Waals surface area contributed by atoms with Gasteiger partial charge in [-0.15, -0.1) is 0 Å². The van der Waals surface area contributed by atoms with E-state index in [0.717, 1.165) is 12.3 Å². The minimum atomic E-state index is -4.50. The summed E-state index contributed by atoms with van der Waals surface area (Å²) in [6.45, 7) is -0.0944. The summed E-state index contributed by atoms with van der Waals surface area (Å²) in [6, 6.07) is 1.44. The normalized spacial score (nSPS) is 19.5. The molecule has 0 saturated carbocycles. The minimum absolute atomic E-state index is 0.0229. The third-order valence-corrected chi connectivity index (χ3v) is 3.77. The molecule has 2 rings (SSSR count). The lowest BCUT2D eigenvalue weighted by atomic mass is 10.2. The zero-order valence-electron chi connectivity index (χ0n) is 14.2. The second kappa shape index (κ2) is 8.13. The summed E-state index contributed by atoms with van der Waals surface area (Å²) in [6.07, 6.45) is -2.50. The van der Waals surface area contributed by atoms with Gasteiger partial charge in [-0.05, 0) is 18.7 Å². The van der Waals surface area contributed by atoms with Crippen molar-refractivity contribution in [3.05, 3.63) is 29.6 Å². The first-order chi connectivity index (χ1) is 12.3. The first-order valence-corrected chi connectivity index (χ1v) is 7.73. The van der Waals surface area contributed by atoms with E-state index >= 15 is 0 Å². The fourth-order valence-corrected chi connectivity index (χ4v) is 2.42. The predicted octanol–water partition coefficient (Wildman–Crippen LogP) is -0.279. The number of hydrogen-bond donors (Lipinski definition) is 3. The first kappa shape index (κ1) is 19.6. The monoisotopic (exact) mass is 372 g/mol. The molecule has 8 nitrogen and oxygen atoms in total. The van der Waals surface area contributed by atoms with Crippen molar-refractivity contribution >= 4 is 18.2 Å². The standard InChI is InChI=1S/C15H19F3N6O2/c1-19-13-12(14(26)20-2)24(8-23-13)7-11(25)22-6-9-3-4-10(21-5-9)15(16,17)18/h3-5,8,12-13,19H,6-7H2,1-2H3,(H,20,26)(H,22,25). The van der Waals surface area contributed by atoms with Gasteiger partial charge in [0, 0.05) is 19.8 Å². The summed E-state index contributed by atoms with van der Waals surface area (Å²) < 4.78 is 37.4. The van der Waals surface area contributed by atoms with Crippen LogP contribution in [0.25, 0.3) is 0 Å². The number of hydrogen-bond acceptors (Lipinski definition) is 6. The fourth-order valence-electron chi connectivity index (χ4n) is 2.42. The van der Waals surface area contributed by atoms with Crippen molar-refractivity contribution in [1.29, 1.82) is 0 Å². The number of carbonyl (C=O) groups excluding carboxylic acids is 2. The van der Waals surface area contributed by atoms with Crippen LogP contribution in [0.3, 0.4) is 0 Å². The van der Waals surface area contributed by atoms with Crippen LogP contribution in [0.5, 0.6) is 0 Å². The highest BCUT2D eigenvalue weighted by atomic mass is 19.4. The van der Waals surface area contributed by atoms with Gasteiger partial charge in [0.2, 0.25) is 11.8 Å². The number of carbonyl (C=O) groups is 2. The predicted molar refractivity (Wildman–Crippen MR) is 87.0 cm³/mol. The summed E-state index contributed by atoms with van der Waals surface area (Å²) in [5.41, 5.74) is -0.565. The maximum absolute atomic E-state index is 12.5. The smallest absolute Gasteiger partial charge is 0.357 e. The van der Waals surface area contributed by atoms with Crippen molar-refractivity contribution in [2.24, 2.45) is 4.99 Å². The molecule has 26 heavy (non-hydrogen) atoms. The molecule has 2 amide bonds. The van der Waals surface area contributed by atoms with Gasteiger partial charge in [0.15, 0.2) is 0 Å². The van der Waals surface area contributed by atoms with Crippen molar-refractivity contribution in [2.75, 3.05) is 20.6 Å². The number of rotatable bonds is 6. The highest BCUT2D eigenvalue weighted by molar-refractivity contribution is 5.89. The number of aliphatic imine (C=N–C) groups is 1. The van der Waals surface area contributed by atoms with Gasteiger partial charge in [0.05, 0.1) is 12.9 Å². The molecule has 1 aromatic heterocycles. The number of halogens is 3. The molecule has 2 unspecified atom stereocenters. The molecule has 142 valence electrons. The summed E-state index contributed by atoms with van der Waals surface area (Å²) in [5.74, 6) is -0.691. The van der Waals surface area contributed by atoms with Crippen molar-refractivity contribution in [1.82, 2.24) is 25.8 Å². The third kappa shape index (κ3) is 4.69. The van der Waals surface area contributed by atoms with E-state index in [4.69, 9.17) is 0 Å². The van der Waals surface area contributed by atoms with Crippen LogP contribution in [0.1, 0.15) is 11.3 Å². The number of nitrogens with zero attached hydrogens (tertiary/aromatic N) is 3. The topological polar surface area (TPSA) is 98.7 Å². The molecule has 11 heteroatoms. The fraction of sp³-hybridized carbons (Fsp3) is 0.467. The Morgan fingerprint density at radius 2 is 2.00 bits per heavy atom. The highest BCUT2D eigenvalue weighted by Crippen LogP contribution is 2.27. The molecule has 0 fully saturated rings. The molecule has 0 bridgehead atoms. The van der Waals surface area contributed by atoms with Crippen molar-refractivity contribution in [2.45, 2.75) is 24.9 Å². The van der Waals surface area contributed by atoms with Crippen LogP contribution in [0, 0.1) is 0 Å². The number of amides is 2. The molecule has 1 aliphatic rings. The van der Waals surface area contributed by atoms with E-state index in [1.54, 1.807) is 7.05 Å². The van der Waals surface area contributed by atoms with Gasteiger partial charge < -0.3 is 15.5 Å². The number of likely N-dealkylation sites (N-methyl/N-ethyl adjacent to an activating group) is 2. The maximum atomic E-state index is 12.5. The van der Waals surface area contributed by atoms with Gasteiger partial charge in [-0.25, -0.2) is 0 Å². The van der Waals surface area contributed by atoms with Gasteiger partial charge in [-0.1, -0.05) is 6.07 Å². The van der Waals surface area contributed by atoms with Crippen LogP contribution in [0.15, 0.2) is 23.3 Å². The number of aromatic nitrogens is 1. The molecule has 1 aromatic rings. The zero-order chi connectivity index (χ0) is 19.3. The van der Waals surface area contributed by atoms with Crippen LogP contribution >= 0.6 is 0 Å². The highest BCUT2D eigenvalue weighted by Gasteiger charge is 2.36. The van der Waals surface area contributed by atoms with E-state index in [1.165, 1.54) is 24.4 Å². The van der Waals surface area contributed by atoms with E-state index < -0.39 is 30.0 Å². The third-order valence-electron chi connectivity index (χ3n) is 3.77. The number of nitrogens with one attached hydrogen (secondary N) is 3. The average Bonchev–Trinajstić information content (AvgIpc) is 3.01. The Balaban J connectivity index is 1.90. The molecule has 0 spiro atoms. The van der Waals surface area contributed by atoms with Crippen LogP contribution in [0.2, 0.25) is 0 Å². The quantitative estimate of drug-likeness (QED) is 0.638. The van der Waals surface area contributed by atoms with Crippen molar-refractivity contribution in [3.63, 3.8) is 0 Å². The van der Waals surface area contributed by atoms with E-state index in [9.17, 15) is 22.8 Å². The molecule has 0 radical (unpaired) electrons. The molecule has 2 heterocycles. The molecular weight excluding hydrogens is 353 g/mol. The first-order valence-electron chi connectivity index (χ1n) is 7.73. The maximum Gasteiger partial charge on any atom is 0.433 e. The Labute approximate surface area is 147 Å². The lowest BCUT2D eigenvalue weighted by Crippen LogP contribution is -2.53. The van der Waals surface area contributed by atoms with Crippen molar-refractivity contribution < 1.29 is 22.8 Å². The second-order valence-corrected chi connectivity index (χ2v) is 5.56. The zero-order valence-corrected chi connectivity index (χ0v) is 14.2. The molecule has 3 N–H and O–H groups in total. The average molecular weight is 372 g/mol. The van der Waals surface area contributed by atoms with Gasteiger partial charge in [0.25, 0.3) is 0 Å². The summed E-state index contributed by atoms with van der Waals surface area (Å²) in [5, 5.41) is 7.97. The molecular formula is C15H19F3N6O2. The van der Waals surface area contributed by atoms with Gasteiger partial charge >= 0.3 is 6.18 Å². The van der Waals surface area contributed by atoms with Crippen molar-refractivity contribution in [3.8, 4) is 0 Å². The van der Waals surface area contributed by atoms with E-state index in [2.05, 4.69) is 25.9 Å². The molecule has 2 atom stereocenters. The number of pyridine rings is 1. The largest absolute Gasteiger partial charge is 0.433 e. The molecule has 0 saturated heterocycles. The Morgan fingerprint density at radius 3 is 2.54 bits per heavy atom. The van der Waals surface area contributed by atoms with Crippen LogP contribution < -0.4 is 16.0 Å². The van der Waals surface area contributed by atoms with E-state index in [0.29, 0.717) is 5.56 Å². The Bertz CT molecular complexity index is 677.